The topological polar surface area (TPSA) is 61.4 Å². The molecule has 2 saturated heterocycles. The van der Waals surface area contributed by atoms with Gasteiger partial charge in [0.25, 0.3) is 0 Å². The maximum Gasteiger partial charge on any atom is 0.240 e. The Morgan fingerprint density at radius 2 is 1.76 bits per heavy atom. The third kappa shape index (κ3) is 3.24. The van der Waals surface area contributed by atoms with Crippen LogP contribution in [0.2, 0.25) is 0 Å². The molecule has 21 heavy (non-hydrogen) atoms. The second-order valence-electron chi connectivity index (χ2n) is 5.74. The van der Waals surface area contributed by atoms with Crippen LogP contribution in [0.5, 0.6) is 0 Å². The predicted molar refractivity (Wildman–Crippen MR) is 79.5 cm³/mol. The monoisotopic (exact) mass is 287 g/mol. The van der Waals surface area contributed by atoms with Gasteiger partial charge in [-0.05, 0) is 31.5 Å². The van der Waals surface area contributed by atoms with Crippen molar-refractivity contribution in [3.63, 3.8) is 0 Å². The molecule has 0 aliphatic carbocycles. The molecule has 1 aromatic rings. The molecule has 0 aromatic heterocycles. The normalized spacial score (nSPS) is 24.6. The van der Waals surface area contributed by atoms with Crippen LogP contribution in [-0.2, 0) is 9.59 Å². The Bertz CT molecular complexity index is 512. The van der Waals surface area contributed by atoms with Gasteiger partial charge in [0.15, 0.2) is 0 Å². The highest BCUT2D eigenvalue weighted by molar-refractivity contribution is 5.88. The second-order valence-corrected chi connectivity index (χ2v) is 5.74. The third-order valence-electron chi connectivity index (χ3n) is 4.30. The molecule has 0 radical (unpaired) electrons. The molecule has 2 heterocycles. The minimum absolute atomic E-state index is 0.0618. The number of rotatable bonds is 2. The second kappa shape index (κ2) is 6.26. The highest BCUT2D eigenvalue weighted by Gasteiger charge is 2.32. The van der Waals surface area contributed by atoms with Crippen LogP contribution in [0.25, 0.3) is 0 Å². The molecule has 2 aliphatic rings. The lowest BCUT2D eigenvalue weighted by Gasteiger charge is -2.33. The molecule has 2 fully saturated rings. The van der Waals surface area contributed by atoms with E-state index in [1.54, 1.807) is 4.90 Å². The minimum atomic E-state index is -0.210. The molecule has 0 saturated carbocycles. The Balaban J connectivity index is 1.76. The average Bonchev–Trinajstić information content (AvgIpc) is 2.68. The van der Waals surface area contributed by atoms with Gasteiger partial charge in [-0.3, -0.25) is 9.59 Å². The van der Waals surface area contributed by atoms with Gasteiger partial charge in [-0.15, -0.1) is 0 Å². The molecular formula is C16H21N3O2. The van der Waals surface area contributed by atoms with E-state index in [9.17, 15) is 9.59 Å². The van der Waals surface area contributed by atoms with E-state index >= 15 is 0 Å². The Morgan fingerprint density at radius 3 is 2.48 bits per heavy atom. The van der Waals surface area contributed by atoms with Crippen LogP contribution in [0.4, 0.5) is 0 Å². The Labute approximate surface area is 124 Å². The highest BCUT2D eigenvalue weighted by atomic mass is 16.2. The molecule has 112 valence electrons. The van der Waals surface area contributed by atoms with Crippen LogP contribution >= 0.6 is 0 Å². The van der Waals surface area contributed by atoms with Crippen molar-refractivity contribution in [3.05, 3.63) is 35.9 Å². The third-order valence-corrected chi connectivity index (χ3v) is 4.30. The fraction of sp³-hybridized carbons (Fsp3) is 0.500. The maximum atomic E-state index is 12.6. The fourth-order valence-corrected chi connectivity index (χ4v) is 3.16. The lowest BCUT2D eigenvalue weighted by atomic mass is 10.0. The summed E-state index contributed by atoms with van der Waals surface area (Å²) in [6, 6.07) is 9.70. The summed E-state index contributed by atoms with van der Waals surface area (Å²) in [4.78, 5) is 26.5. The molecule has 1 unspecified atom stereocenters. The van der Waals surface area contributed by atoms with Gasteiger partial charge in [-0.1, -0.05) is 30.3 Å². The van der Waals surface area contributed by atoms with Gasteiger partial charge in [0.05, 0.1) is 19.0 Å². The Hall–Kier alpha value is -1.88. The predicted octanol–water partition coefficient (Wildman–Crippen LogP) is 0.828. The van der Waals surface area contributed by atoms with Gasteiger partial charge in [0.2, 0.25) is 11.8 Å². The van der Waals surface area contributed by atoms with E-state index in [0.29, 0.717) is 6.42 Å². The molecule has 2 amide bonds. The zero-order chi connectivity index (χ0) is 14.7. The summed E-state index contributed by atoms with van der Waals surface area (Å²) >= 11 is 0. The molecular weight excluding hydrogens is 266 g/mol. The first-order valence-electron chi connectivity index (χ1n) is 7.58. The SMILES string of the molecule is O=C1CN(C2CCNCC2)C(=O)CC(c2ccccc2)N1. The zero-order valence-electron chi connectivity index (χ0n) is 12.0. The van der Waals surface area contributed by atoms with Crippen molar-refractivity contribution in [2.45, 2.75) is 31.3 Å². The highest BCUT2D eigenvalue weighted by Crippen LogP contribution is 2.23. The van der Waals surface area contributed by atoms with Gasteiger partial charge < -0.3 is 15.5 Å². The first-order chi connectivity index (χ1) is 10.2. The van der Waals surface area contributed by atoms with Gasteiger partial charge in [0, 0.05) is 6.04 Å². The van der Waals surface area contributed by atoms with E-state index in [1.165, 1.54) is 0 Å². The van der Waals surface area contributed by atoms with E-state index in [-0.39, 0.29) is 30.4 Å². The number of hydrogen-bond acceptors (Lipinski definition) is 3. The van der Waals surface area contributed by atoms with Crippen molar-refractivity contribution in [2.75, 3.05) is 19.6 Å². The molecule has 0 spiro atoms. The van der Waals surface area contributed by atoms with Crippen molar-refractivity contribution in [2.24, 2.45) is 0 Å². The minimum Gasteiger partial charge on any atom is -0.347 e. The maximum absolute atomic E-state index is 12.6. The number of benzene rings is 1. The van der Waals surface area contributed by atoms with Crippen molar-refractivity contribution < 1.29 is 9.59 Å². The molecule has 0 bridgehead atoms. The molecule has 1 atom stereocenters. The molecule has 3 rings (SSSR count). The standard InChI is InChI=1S/C16H21N3O2/c20-15-11-19(13-6-8-17-9-7-13)16(21)10-14(18-15)12-4-2-1-3-5-12/h1-5,13-14,17H,6-11H2,(H,18,20). The summed E-state index contributed by atoms with van der Waals surface area (Å²) in [7, 11) is 0. The van der Waals surface area contributed by atoms with Crippen LogP contribution < -0.4 is 10.6 Å². The molecule has 1 aromatic carbocycles. The lowest BCUT2D eigenvalue weighted by molar-refractivity contribution is -0.136. The summed E-state index contributed by atoms with van der Waals surface area (Å²) < 4.78 is 0. The van der Waals surface area contributed by atoms with Crippen LogP contribution in [0.1, 0.15) is 30.9 Å². The van der Waals surface area contributed by atoms with E-state index in [2.05, 4.69) is 10.6 Å². The number of nitrogens with one attached hydrogen (secondary N) is 2. The molecule has 2 aliphatic heterocycles. The summed E-state index contributed by atoms with van der Waals surface area (Å²) in [6.07, 6.45) is 2.20. The van der Waals surface area contributed by atoms with E-state index in [1.807, 2.05) is 30.3 Å². The number of carbonyl (C=O) groups is 2. The lowest BCUT2D eigenvalue weighted by Crippen LogP contribution is -2.47. The van der Waals surface area contributed by atoms with Crippen LogP contribution in [-0.4, -0.2) is 42.4 Å². The van der Waals surface area contributed by atoms with Gasteiger partial charge in [-0.25, -0.2) is 0 Å². The van der Waals surface area contributed by atoms with Crippen LogP contribution in [0.3, 0.4) is 0 Å². The van der Waals surface area contributed by atoms with Crippen molar-refractivity contribution >= 4 is 11.8 Å². The zero-order valence-corrected chi connectivity index (χ0v) is 12.0. The van der Waals surface area contributed by atoms with Gasteiger partial charge >= 0.3 is 0 Å². The largest absolute Gasteiger partial charge is 0.347 e. The number of amides is 2. The molecule has 2 N–H and O–H groups in total. The first kappa shape index (κ1) is 14.1. The average molecular weight is 287 g/mol. The van der Waals surface area contributed by atoms with Crippen molar-refractivity contribution in [1.29, 1.82) is 0 Å². The van der Waals surface area contributed by atoms with Crippen molar-refractivity contribution in [3.8, 4) is 0 Å². The smallest absolute Gasteiger partial charge is 0.240 e. The van der Waals surface area contributed by atoms with Gasteiger partial charge in [0.1, 0.15) is 0 Å². The van der Waals surface area contributed by atoms with Gasteiger partial charge in [-0.2, -0.15) is 0 Å². The molecule has 5 nitrogen and oxygen atoms in total. The summed E-state index contributed by atoms with van der Waals surface area (Å²) in [5.74, 6) is 0.0161. The van der Waals surface area contributed by atoms with Crippen LogP contribution in [0, 0.1) is 0 Å². The van der Waals surface area contributed by atoms with Crippen molar-refractivity contribution in [1.82, 2.24) is 15.5 Å². The number of nitrogens with zero attached hydrogens (tertiary/aromatic N) is 1. The first-order valence-corrected chi connectivity index (χ1v) is 7.58. The van der Waals surface area contributed by atoms with E-state index < -0.39 is 0 Å². The van der Waals surface area contributed by atoms with E-state index in [0.717, 1.165) is 31.5 Å². The summed E-state index contributed by atoms with van der Waals surface area (Å²) in [5.41, 5.74) is 0.992. The number of carbonyl (C=O) groups excluding carboxylic acids is 2. The number of piperidine rings is 1. The summed E-state index contributed by atoms with van der Waals surface area (Å²) in [5, 5.41) is 6.27. The number of hydrogen-bond donors (Lipinski definition) is 2. The fourth-order valence-electron chi connectivity index (χ4n) is 3.16. The Kier molecular flexibility index (Phi) is 4.20. The van der Waals surface area contributed by atoms with E-state index in [4.69, 9.17) is 0 Å². The summed E-state index contributed by atoms with van der Waals surface area (Å²) in [6.45, 7) is 2.02. The molecule has 5 heteroatoms. The quantitative estimate of drug-likeness (QED) is 0.847. The Morgan fingerprint density at radius 1 is 1.05 bits per heavy atom. The van der Waals surface area contributed by atoms with Crippen LogP contribution in [0.15, 0.2) is 30.3 Å².